The molecule has 1 amide bonds. The van der Waals surface area contributed by atoms with Crippen molar-refractivity contribution in [3.05, 3.63) is 38.3 Å². The number of hydrogen-bond acceptors (Lipinski definition) is 3. The molecule has 20 heavy (non-hydrogen) atoms. The molecule has 1 aliphatic rings. The minimum Gasteiger partial charge on any atom is -0.312 e. The Bertz CT molecular complexity index is 745. The zero-order valence-corrected chi connectivity index (χ0v) is 12.5. The van der Waals surface area contributed by atoms with Gasteiger partial charge in [-0.05, 0) is 43.5 Å². The minimum atomic E-state index is -0.0308. The van der Waals surface area contributed by atoms with Crippen LogP contribution in [0.15, 0.2) is 23.0 Å². The van der Waals surface area contributed by atoms with Crippen LogP contribution >= 0.6 is 11.3 Å². The molecule has 1 aromatic carbocycles. The van der Waals surface area contributed by atoms with Crippen LogP contribution in [0.2, 0.25) is 0 Å². The maximum absolute atomic E-state index is 11.7. The van der Waals surface area contributed by atoms with Gasteiger partial charge in [-0.25, -0.2) is 0 Å². The van der Waals surface area contributed by atoms with Crippen LogP contribution in [0, 0.1) is 6.92 Å². The Morgan fingerprint density at radius 1 is 1.45 bits per heavy atom. The number of hydrogen-bond donors (Lipinski definition) is 1. The number of nitrogens with zero attached hydrogens (tertiary/aromatic N) is 1. The van der Waals surface area contributed by atoms with Gasteiger partial charge in [-0.2, -0.15) is 0 Å². The van der Waals surface area contributed by atoms with Gasteiger partial charge >= 0.3 is 4.87 Å². The molecule has 0 aliphatic carbocycles. The molecular formula is C15H16N2O2S. The molecule has 1 unspecified atom stereocenters. The summed E-state index contributed by atoms with van der Waals surface area (Å²) in [4.78, 5) is 28.8. The van der Waals surface area contributed by atoms with Gasteiger partial charge in [0.2, 0.25) is 5.91 Å². The number of aromatic nitrogens is 1. The van der Waals surface area contributed by atoms with E-state index in [-0.39, 0.29) is 16.8 Å². The number of amides is 1. The lowest BCUT2D eigenvalue weighted by atomic mass is 10.0. The number of rotatable bonds is 1. The normalized spacial score (nSPS) is 17.4. The fourth-order valence-electron chi connectivity index (χ4n) is 2.95. The first kappa shape index (κ1) is 13.1. The Balaban J connectivity index is 2.08. The zero-order valence-electron chi connectivity index (χ0n) is 11.7. The van der Waals surface area contributed by atoms with Crippen LogP contribution < -0.4 is 9.77 Å². The first-order valence-corrected chi connectivity index (χ1v) is 7.42. The number of benzene rings is 1. The summed E-state index contributed by atoms with van der Waals surface area (Å²) in [6.07, 6.45) is 0.857. The summed E-state index contributed by atoms with van der Waals surface area (Å²) in [7, 11) is 0. The quantitative estimate of drug-likeness (QED) is 0.877. The lowest BCUT2D eigenvalue weighted by molar-refractivity contribution is -0.116. The van der Waals surface area contributed by atoms with E-state index in [1.165, 1.54) is 11.3 Å². The van der Waals surface area contributed by atoms with Crippen LogP contribution in [0.3, 0.4) is 0 Å². The number of carbonyl (C=O) groups excluding carboxylic acids is 1. The second kappa shape index (κ2) is 4.59. The van der Waals surface area contributed by atoms with Crippen molar-refractivity contribution in [2.75, 3.05) is 4.90 Å². The molecule has 0 fully saturated rings. The van der Waals surface area contributed by atoms with Gasteiger partial charge in [0.05, 0.1) is 5.69 Å². The lowest BCUT2D eigenvalue weighted by Gasteiger charge is -2.20. The number of H-pyrrole nitrogens is 1. The molecule has 2 aromatic rings. The highest BCUT2D eigenvalue weighted by Gasteiger charge is 2.29. The highest BCUT2D eigenvalue weighted by molar-refractivity contribution is 7.09. The molecule has 0 radical (unpaired) electrons. The summed E-state index contributed by atoms with van der Waals surface area (Å²) < 4.78 is 0. The Kier molecular flexibility index (Phi) is 3.01. The van der Waals surface area contributed by atoms with Crippen LogP contribution in [-0.4, -0.2) is 16.9 Å². The van der Waals surface area contributed by atoms with Crippen molar-refractivity contribution in [3.63, 3.8) is 0 Å². The molecule has 2 heterocycles. The average molecular weight is 288 g/mol. The topological polar surface area (TPSA) is 53.2 Å². The van der Waals surface area contributed by atoms with E-state index in [0.29, 0.717) is 0 Å². The van der Waals surface area contributed by atoms with Gasteiger partial charge in [-0.3, -0.25) is 9.59 Å². The van der Waals surface area contributed by atoms with Gasteiger partial charge in [0.15, 0.2) is 0 Å². The summed E-state index contributed by atoms with van der Waals surface area (Å²) in [5, 5.41) is 0. The summed E-state index contributed by atoms with van der Waals surface area (Å²) in [5.41, 5.74) is 4.05. The number of fused-ring (bicyclic) bond motifs is 1. The second-order valence-corrected chi connectivity index (χ2v) is 6.42. The van der Waals surface area contributed by atoms with Crippen molar-refractivity contribution in [2.24, 2.45) is 0 Å². The summed E-state index contributed by atoms with van der Waals surface area (Å²) in [6, 6.07) is 6.23. The molecule has 104 valence electrons. The number of aromatic amines is 1. The first-order chi connectivity index (χ1) is 9.47. The van der Waals surface area contributed by atoms with E-state index in [2.05, 4.69) is 18.0 Å². The van der Waals surface area contributed by atoms with E-state index < -0.39 is 0 Å². The molecule has 4 nitrogen and oxygen atoms in total. The third kappa shape index (κ3) is 1.98. The predicted octanol–water partition coefficient (Wildman–Crippen LogP) is 2.71. The van der Waals surface area contributed by atoms with Crippen molar-refractivity contribution >= 4 is 22.9 Å². The van der Waals surface area contributed by atoms with Gasteiger partial charge < -0.3 is 9.88 Å². The number of carbonyl (C=O) groups is 1. The Morgan fingerprint density at radius 2 is 2.20 bits per heavy atom. The van der Waals surface area contributed by atoms with E-state index in [9.17, 15) is 9.59 Å². The van der Waals surface area contributed by atoms with Gasteiger partial charge in [0.25, 0.3) is 0 Å². The van der Waals surface area contributed by atoms with E-state index in [1.807, 2.05) is 24.0 Å². The molecule has 1 atom stereocenters. The molecule has 1 aliphatic heterocycles. The molecule has 0 spiro atoms. The predicted molar refractivity (Wildman–Crippen MR) is 81.4 cm³/mol. The average Bonchev–Trinajstić information content (AvgIpc) is 2.86. The number of aryl methyl sites for hydroxylation is 1. The fourth-order valence-corrected chi connectivity index (χ4v) is 3.65. The molecule has 0 saturated heterocycles. The molecule has 1 N–H and O–H groups in total. The van der Waals surface area contributed by atoms with E-state index >= 15 is 0 Å². The lowest BCUT2D eigenvalue weighted by Crippen LogP contribution is -2.33. The smallest absolute Gasteiger partial charge is 0.305 e. The summed E-state index contributed by atoms with van der Waals surface area (Å²) in [6.45, 7) is 5.59. The monoisotopic (exact) mass is 288 g/mol. The Labute approximate surface area is 121 Å². The van der Waals surface area contributed by atoms with Gasteiger partial charge in [0, 0.05) is 23.5 Å². The highest BCUT2D eigenvalue weighted by Crippen LogP contribution is 2.35. The van der Waals surface area contributed by atoms with Gasteiger partial charge in [0.1, 0.15) is 0 Å². The standard InChI is InChI=1S/C15H16N2O2S/c1-8-6-12-7-11(14-9(2)20-15(19)16-14)4-5-13(12)17(8)10(3)18/h4-5,7-8H,6H2,1-3H3,(H,16,19). The summed E-state index contributed by atoms with van der Waals surface area (Å²) in [5.74, 6) is 0.0733. The maximum atomic E-state index is 11.7. The van der Waals surface area contributed by atoms with Crippen LogP contribution in [-0.2, 0) is 11.2 Å². The molecule has 1 aromatic heterocycles. The first-order valence-electron chi connectivity index (χ1n) is 6.60. The molecule has 5 heteroatoms. The number of anilines is 1. The maximum Gasteiger partial charge on any atom is 0.305 e. The van der Waals surface area contributed by atoms with E-state index in [4.69, 9.17) is 0 Å². The van der Waals surface area contributed by atoms with Crippen molar-refractivity contribution in [2.45, 2.75) is 33.2 Å². The number of nitrogens with one attached hydrogen (secondary N) is 1. The van der Waals surface area contributed by atoms with Crippen molar-refractivity contribution in [3.8, 4) is 11.3 Å². The SMILES string of the molecule is CC(=O)N1c2ccc(-c3[nH]c(=O)sc3C)cc2CC1C. The molecule has 0 bridgehead atoms. The Morgan fingerprint density at radius 3 is 2.80 bits per heavy atom. The van der Waals surface area contributed by atoms with Crippen LogP contribution in [0.4, 0.5) is 5.69 Å². The fraction of sp³-hybridized carbons (Fsp3) is 0.333. The van der Waals surface area contributed by atoms with Crippen LogP contribution in [0.25, 0.3) is 11.3 Å². The third-order valence-corrected chi connectivity index (χ3v) is 4.55. The third-order valence-electron chi connectivity index (χ3n) is 3.75. The van der Waals surface area contributed by atoms with Gasteiger partial charge in [-0.1, -0.05) is 17.4 Å². The van der Waals surface area contributed by atoms with Crippen molar-refractivity contribution in [1.82, 2.24) is 4.98 Å². The van der Waals surface area contributed by atoms with Crippen LogP contribution in [0.1, 0.15) is 24.3 Å². The minimum absolute atomic E-state index is 0.0308. The number of thiazole rings is 1. The Hall–Kier alpha value is -1.88. The van der Waals surface area contributed by atoms with Gasteiger partial charge in [-0.15, -0.1) is 0 Å². The largest absolute Gasteiger partial charge is 0.312 e. The zero-order chi connectivity index (χ0) is 14.4. The second-order valence-electron chi connectivity index (χ2n) is 5.23. The molecule has 0 saturated carbocycles. The molecular weight excluding hydrogens is 272 g/mol. The van der Waals surface area contributed by atoms with Crippen molar-refractivity contribution < 1.29 is 4.79 Å². The van der Waals surface area contributed by atoms with Crippen molar-refractivity contribution in [1.29, 1.82) is 0 Å². The highest BCUT2D eigenvalue weighted by atomic mass is 32.1. The van der Waals surface area contributed by atoms with Crippen LogP contribution in [0.5, 0.6) is 0 Å². The van der Waals surface area contributed by atoms with E-state index in [0.717, 1.165) is 33.8 Å². The summed E-state index contributed by atoms with van der Waals surface area (Å²) >= 11 is 1.23. The van der Waals surface area contributed by atoms with E-state index in [1.54, 1.807) is 6.92 Å². The molecule has 3 rings (SSSR count).